The predicted octanol–water partition coefficient (Wildman–Crippen LogP) is 2.70. The summed E-state index contributed by atoms with van der Waals surface area (Å²) >= 11 is 0. The van der Waals surface area contributed by atoms with Crippen LogP contribution in [0.4, 0.5) is 5.95 Å². The summed E-state index contributed by atoms with van der Waals surface area (Å²) < 4.78 is 0. The largest absolute Gasteiger partial charge is 0.507 e. The average Bonchev–Trinajstić information content (AvgIpc) is 2.61. The summed E-state index contributed by atoms with van der Waals surface area (Å²) in [6.07, 6.45) is 6.87. The van der Waals surface area contributed by atoms with Crippen LogP contribution < -0.4 is 5.32 Å². The molecular formula is C17H12N6O. The highest BCUT2D eigenvalue weighted by Crippen LogP contribution is 2.26. The van der Waals surface area contributed by atoms with Gasteiger partial charge < -0.3 is 5.11 Å². The molecular weight excluding hydrogens is 304 g/mol. The summed E-state index contributed by atoms with van der Waals surface area (Å²) in [6, 6.07) is 12.2. The summed E-state index contributed by atoms with van der Waals surface area (Å²) in [5.41, 5.74) is 1.20. The molecule has 7 nitrogen and oxygen atoms in total. The minimum absolute atomic E-state index is 0.0475. The van der Waals surface area contributed by atoms with Crippen LogP contribution in [0.5, 0.6) is 5.75 Å². The van der Waals surface area contributed by atoms with Gasteiger partial charge in [0.05, 0.1) is 11.3 Å². The average molecular weight is 316 g/mol. The highest BCUT2D eigenvalue weighted by molar-refractivity contribution is 5.68. The molecule has 1 aromatic carbocycles. The number of aromatic hydroxyl groups is 1. The Morgan fingerprint density at radius 2 is 1.83 bits per heavy atom. The first-order valence-electron chi connectivity index (χ1n) is 7.05. The fraction of sp³-hybridized carbons (Fsp3) is 0. The van der Waals surface area contributed by atoms with Gasteiger partial charge in [0, 0.05) is 6.20 Å². The number of hydrogen-bond acceptors (Lipinski definition) is 7. The minimum Gasteiger partial charge on any atom is -0.507 e. The number of para-hydroxylation sites is 1. The molecule has 0 aliphatic heterocycles. The Labute approximate surface area is 138 Å². The van der Waals surface area contributed by atoms with Crippen LogP contribution >= 0.6 is 0 Å². The maximum absolute atomic E-state index is 9.97. The van der Waals surface area contributed by atoms with Gasteiger partial charge in [0.25, 0.3) is 0 Å². The first kappa shape index (κ1) is 15.1. The predicted molar refractivity (Wildman–Crippen MR) is 89.3 cm³/mol. The van der Waals surface area contributed by atoms with E-state index in [0.29, 0.717) is 11.4 Å². The number of aromatic nitrogens is 4. The number of rotatable bonds is 4. The van der Waals surface area contributed by atoms with Crippen LogP contribution in [0.3, 0.4) is 0 Å². The molecule has 0 aliphatic rings. The lowest BCUT2D eigenvalue weighted by Crippen LogP contribution is -2.02. The van der Waals surface area contributed by atoms with Crippen molar-refractivity contribution in [2.24, 2.45) is 0 Å². The molecule has 24 heavy (non-hydrogen) atoms. The number of anilines is 1. The maximum atomic E-state index is 9.97. The van der Waals surface area contributed by atoms with E-state index in [0.717, 1.165) is 5.69 Å². The lowest BCUT2D eigenvalue weighted by atomic mass is 10.2. The smallest absolute Gasteiger partial charge is 0.240 e. The Morgan fingerprint density at radius 1 is 1.00 bits per heavy atom. The molecule has 3 rings (SSSR count). The molecule has 2 N–H and O–H groups in total. The SMILES string of the molecule is N#CNc1nc(/C=C/c2ccccn2)nc(-c2ccccc2O)n1. The molecule has 3 aromatic rings. The molecule has 116 valence electrons. The molecule has 2 heterocycles. The second-order valence-corrected chi connectivity index (χ2v) is 4.68. The van der Waals surface area contributed by atoms with E-state index < -0.39 is 0 Å². The first-order valence-corrected chi connectivity index (χ1v) is 7.05. The van der Waals surface area contributed by atoms with Crippen molar-refractivity contribution in [3.8, 4) is 23.3 Å². The molecule has 0 unspecified atom stereocenters. The van der Waals surface area contributed by atoms with Crippen molar-refractivity contribution in [1.82, 2.24) is 19.9 Å². The van der Waals surface area contributed by atoms with Crippen LogP contribution in [-0.4, -0.2) is 25.0 Å². The Balaban J connectivity index is 2.02. The number of benzene rings is 1. The highest BCUT2D eigenvalue weighted by Gasteiger charge is 2.10. The molecule has 2 aromatic heterocycles. The van der Waals surface area contributed by atoms with Gasteiger partial charge in [0.15, 0.2) is 17.8 Å². The van der Waals surface area contributed by atoms with Crippen molar-refractivity contribution < 1.29 is 5.11 Å². The van der Waals surface area contributed by atoms with E-state index in [4.69, 9.17) is 5.26 Å². The number of pyridine rings is 1. The Kier molecular flexibility index (Phi) is 4.40. The van der Waals surface area contributed by atoms with Gasteiger partial charge in [-0.1, -0.05) is 18.2 Å². The summed E-state index contributed by atoms with van der Waals surface area (Å²) in [6.45, 7) is 0. The van der Waals surface area contributed by atoms with Gasteiger partial charge in [-0.05, 0) is 36.4 Å². The maximum Gasteiger partial charge on any atom is 0.240 e. The molecule has 0 spiro atoms. The molecule has 0 fully saturated rings. The van der Waals surface area contributed by atoms with Crippen LogP contribution in [0.15, 0.2) is 48.7 Å². The van der Waals surface area contributed by atoms with Crippen molar-refractivity contribution >= 4 is 18.1 Å². The Hall–Kier alpha value is -3.79. The standard InChI is InChI=1S/C17H12N6O/c18-11-20-17-22-15(9-8-12-5-3-4-10-19-12)21-16(23-17)13-6-1-2-7-14(13)24/h1-10,24H,(H,20,21,22,23)/b9-8+. The second kappa shape index (κ2) is 6.98. The van der Waals surface area contributed by atoms with E-state index >= 15 is 0 Å². The monoisotopic (exact) mass is 316 g/mol. The third-order valence-corrected chi connectivity index (χ3v) is 3.06. The zero-order valence-electron chi connectivity index (χ0n) is 12.5. The lowest BCUT2D eigenvalue weighted by molar-refractivity contribution is 0.477. The number of nitrogens with zero attached hydrogens (tertiary/aromatic N) is 5. The van der Waals surface area contributed by atoms with Gasteiger partial charge in [0.1, 0.15) is 5.75 Å². The van der Waals surface area contributed by atoms with Crippen molar-refractivity contribution in [1.29, 1.82) is 5.26 Å². The molecule has 0 bridgehead atoms. The van der Waals surface area contributed by atoms with Gasteiger partial charge in [-0.2, -0.15) is 15.2 Å². The van der Waals surface area contributed by atoms with Crippen LogP contribution in [0, 0.1) is 11.5 Å². The summed E-state index contributed by atoms with van der Waals surface area (Å²) in [5.74, 6) is 0.755. The molecule has 0 radical (unpaired) electrons. The van der Waals surface area contributed by atoms with Crippen molar-refractivity contribution in [2.75, 3.05) is 5.32 Å². The number of phenolic OH excluding ortho intramolecular Hbond substituents is 1. The van der Waals surface area contributed by atoms with Crippen molar-refractivity contribution in [3.05, 3.63) is 60.2 Å². The Morgan fingerprint density at radius 3 is 2.58 bits per heavy atom. The quantitative estimate of drug-likeness (QED) is 0.562. The van der Waals surface area contributed by atoms with E-state index in [1.807, 2.05) is 18.2 Å². The normalized spacial score (nSPS) is 10.5. The highest BCUT2D eigenvalue weighted by atomic mass is 16.3. The summed E-state index contributed by atoms with van der Waals surface area (Å²) in [5, 5.41) is 21.2. The first-order chi connectivity index (χ1) is 11.8. The zero-order chi connectivity index (χ0) is 16.8. The van der Waals surface area contributed by atoms with E-state index in [9.17, 15) is 5.11 Å². The number of nitrogens with one attached hydrogen (secondary N) is 1. The van der Waals surface area contributed by atoms with Crippen LogP contribution in [0.25, 0.3) is 23.5 Å². The van der Waals surface area contributed by atoms with E-state index in [1.54, 1.807) is 48.8 Å². The van der Waals surface area contributed by atoms with Crippen LogP contribution in [-0.2, 0) is 0 Å². The van der Waals surface area contributed by atoms with Gasteiger partial charge in [-0.15, -0.1) is 0 Å². The molecule has 0 aliphatic carbocycles. The lowest BCUT2D eigenvalue weighted by Gasteiger charge is -2.05. The van der Waals surface area contributed by atoms with Crippen LogP contribution in [0.1, 0.15) is 11.5 Å². The molecule has 7 heteroatoms. The van der Waals surface area contributed by atoms with Crippen molar-refractivity contribution in [2.45, 2.75) is 0 Å². The van der Waals surface area contributed by atoms with Gasteiger partial charge in [-0.25, -0.2) is 4.98 Å². The molecule has 0 saturated carbocycles. The van der Waals surface area contributed by atoms with Gasteiger partial charge >= 0.3 is 0 Å². The second-order valence-electron chi connectivity index (χ2n) is 4.68. The van der Waals surface area contributed by atoms with Crippen molar-refractivity contribution in [3.63, 3.8) is 0 Å². The molecule has 0 amide bonds. The van der Waals surface area contributed by atoms with Crippen LogP contribution in [0.2, 0.25) is 0 Å². The fourth-order valence-corrected chi connectivity index (χ4v) is 1.99. The third-order valence-electron chi connectivity index (χ3n) is 3.06. The van der Waals surface area contributed by atoms with Gasteiger partial charge in [-0.3, -0.25) is 10.3 Å². The third kappa shape index (κ3) is 3.51. The summed E-state index contributed by atoms with van der Waals surface area (Å²) in [4.78, 5) is 16.8. The minimum atomic E-state index is 0.0475. The number of hydrogen-bond donors (Lipinski definition) is 2. The number of nitriles is 1. The summed E-state index contributed by atoms with van der Waals surface area (Å²) in [7, 11) is 0. The fourth-order valence-electron chi connectivity index (χ4n) is 1.99. The van der Waals surface area contributed by atoms with Gasteiger partial charge in [0.2, 0.25) is 5.95 Å². The van der Waals surface area contributed by atoms with E-state index in [-0.39, 0.29) is 17.5 Å². The zero-order valence-corrected chi connectivity index (χ0v) is 12.5. The van der Waals surface area contributed by atoms with E-state index in [1.165, 1.54) is 0 Å². The molecule has 0 atom stereocenters. The number of phenols is 1. The Bertz CT molecular complexity index is 918. The van der Waals surface area contributed by atoms with E-state index in [2.05, 4.69) is 25.3 Å². The topological polar surface area (TPSA) is 108 Å². The molecule has 0 saturated heterocycles.